The van der Waals surface area contributed by atoms with Gasteiger partial charge in [0.05, 0.1) is 16.7 Å². The van der Waals surface area contributed by atoms with Crippen molar-refractivity contribution in [1.29, 1.82) is 0 Å². The zero-order valence-corrected chi connectivity index (χ0v) is 24.8. The fourth-order valence-corrected chi connectivity index (χ4v) is 6.51. The lowest BCUT2D eigenvalue weighted by molar-refractivity contribution is 0.620. The second kappa shape index (κ2) is 10.7. The topological polar surface area (TPSA) is 43.9 Å². The number of hydrogen-bond donors (Lipinski definition) is 0. The Labute approximate surface area is 265 Å². The van der Waals surface area contributed by atoms with E-state index in [-0.39, 0.29) is 0 Å². The van der Waals surface area contributed by atoms with E-state index < -0.39 is 0 Å². The molecular weight excluding hydrogens is 562 g/mol. The van der Waals surface area contributed by atoms with Crippen LogP contribution in [0.5, 0.6) is 0 Å². The Kier molecular flexibility index (Phi) is 6.10. The van der Waals surface area contributed by atoms with Gasteiger partial charge in [-0.05, 0) is 65.2 Å². The average molecular weight is 590 g/mol. The Morgan fingerprint density at radius 3 is 2.09 bits per heavy atom. The van der Waals surface area contributed by atoms with Crippen LogP contribution in [0.1, 0.15) is 0 Å². The lowest BCUT2D eigenvalue weighted by atomic mass is 9.97. The Morgan fingerprint density at radius 1 is 0.478 bits per heavy atom. The number of oxazole rings is 1. The normalized spacial score (nSPS) is 11.5. The molecule has 46 heavy (non-hydrogen) atoms. The first kappa shape index (κ1) is 26.2. The van der Waals surface area contributed by atoms with Crippen molar-refractivity contribution >= 4 is 32.9 Å². The summed E-state index contributed by atoms with van der Waals surface area (Å²) in [5, 5.41) is 2.38. The summed E-state index contributed by atoms with van der Waals surface area (Å²) in [5.74, 6) is 0.616. The number of benzene rings is 6. The molecule has 9 rings (SSSR count). The molecule has 3 heterocycles. The van der Waals surface area contributed by atoms with Gasteiger partial charge in [0.15, 0.2) is 5.58 Å². The van der Waals surface area contributed by atoms with Crippen LogP contribution in [0.15, 0.2) is 168 Å². The molecular formula is C42H27N3O. The molecule has 0 aliphatic rings. The van der Waals surface area contributed by atoms with Crippen LogP contribution in [0.4, 0.5) is 0 Å². The van der Waals surface area contributed by atoms with E-state index in [0.29, 0.717) is 5.89 Å². The zero-order valence-electron chi connectivity index (χ0n) is 24.8. The molecule has 0 bridgehead atoms. The second-order valence-electron chi connectivity index (χ2n) is 11.5. The number of hydrogen-bond acceptors (Lipinski definition) is 3. The fraction of sp³-hybridized carbons (Fsp3) is 0. The molecule has 0 aliphatic carbocycles. The van der Waals surface area contributed by atoms with Crippen molar-refractivity contribution in [2.24, 2.45) is 0 Å². The predicted octanol–water partition coefficient (Wildman–Crippen LogP) is 11.0. The predicted molar refractivity (Wildman–Crippen MR) is 188 cm³/mol. The minimum Gasteiger partial charge on any atom is -0.436 e. The summed E-state index contributed by atoms with van der Waals surface area (Å²) >= 11 is 0. The number of nitrogens with zero attached hydrogens (tertiary/aromatic N) is 3. The molecule has 3 aromatic heterocycles. The minimum absolute atomic E-state index is 0.616. The number of pyridine rings is 1. The first-order chi connectivity index (χ1) is 22.8. The quantitative estimate of drug-likeness (QED) is 0.201. The largest absolute Gasteiger partial charge is 0.436 e. The van der Waals surface area contributed by atoms with Gasteiger partial charge in [0, 0.05) is 39.3 Å². The first-order valence-electron chi connectivity index (χ1n) is 15.4. The van der Waals surface area contributed by atoms with E-state index in [4.69, 9.17) is 14.4 Å². The molecule has 9 aromatic rings. The van der Waals surface area contributed by atoms with Crippen LogP contribution in [0.3, 0.4) is 0 Å². The lowest BCUT2D eigenvalue weighted by Crippen LogP contribution is -1.96. The molecule has 0 fully saturated rings. The monoisotopic (exact) mass is 589 g/mol. The van der Waals surface area contributed by atoms with E-state index in [1.807, 2.05) is 42.6 Å². The smallest absolute Gasteiger partial charge is 0.227 e. The molecule has 0 unspecified atom stereocenters. The highest BCUT2D eigenvalue weighted by Crippen LogP contribution is 2.37. The van der Waals surface area contributed by atoms with Crippen molar-refractivity contribution in [2.75, 3.05) is 0 Å². The van der Waals surface area contributed by atoms with Crippen LogP contribution < -0.4 is 0 Å². The van der Waals surface area contributed by atoms with Gasteiger partial charge in [0.1, 0.15) is 5.52 Å². The maximum atomic E-state index is 6.16. The number of aromatic nitrogens is 3. The highest BCUT2D eigenvalue weighted by atomic mass is 16.3. The van der Waals surface area contributed by atoms with E-state index in [1.165, 1.54) is 21.9 Å². The van der Waals surface area contributed by atoms with Gasteiger partial charge in [-0.2, -0.15) is 0 Å². The molecule has 4 nitrogen and oxygen atoms in total. The third-order valence-corrected chi connectivity index (χ3v) is 8.70. The molecule has 6 aromatic carbocycles. The van der Waals surface area contributed by atoms with E-state index in [0.717, 1.165) is 55.8 Å². The summed E-state index contributed by atoms with van der Waals surface area (Å²) in [4.78, 5) is 9.67. The maximum Gasteiger partial charge on any atom is 0.227 e. The minimum atomic E-state index is 0.616. The van der Waals surface area contributed by atoms with E-state index in [2.05, 4.69) is 126 Å². The Bertz CT molecular complexity index is 2490. The van der Waals surface area contributed by atoms with Gasteiger partial charge in [-0.1, -0.05) is 109 Å². The molecule has 0 saturated heterocycles. The van der Waals surface area contributed by atoms with Crippen molar-refractivity contribution in [3.8, 4) is 50.7 Å². The van der Waals surface area contributed by atoms with Crippen molar-refractivity contribution in [1.82, 2.24) is 14.5 Å². The van der Waals surface area contributed by atoms with Crippen molar-refractivity contribution in [3.05, 3.63) is 164 Å². The molecule has 0 amide bonds. The second-order valence-corrected chi connectivity index (χ2v) is 11.5. The number of fused-ring (bicyclic) bond motifs is 4. The van der Waals surface area contributed by atoms with Gasteiger partial charge in [-0.3, -0.25) is 4.98 Å². The molecule has 0 saturated carbocycles. The van der Waals surface area contributed by atoms with Crippen molar-refractivity contribution < 1.29 is 4.42 Å². The summed E-state index contributed by atoms with van der Waals surface area (Å²) in [6, 6.07) is 55.0. The van der Waals surface area contributed by atoms with Crippen LogP contribution >= 0.6 is 0 Å². The van der Waals surface area contributed by atoms with Crippen molar-refractivity contribution in [3.63, 3.8) is 0 Å². The Hall–Kier alpha value is -6.26. The highest BCUT2D eigenvalue weighted by molar-refractivity contribution is 6.10. The average Bonchev–Trinajstić information content (AvgIpc) is 3.71. The SMILES string of the molecule is c1ccc(-c2ccc(-c3cccnc3-c3cccc(-n4c5ccccc5c5ccc(-c6nc7ccccc7o6)cc54)c3)cc2)cc1. The molecule has 4 heteroatoms. The van der Waals surface area contributed by atoms with Crippen LogP contribution in [-0.2, 0) is 0 Å². The third-order valence-electron chi connectivity index (χ3n) is 8.70. The van der Waals surface area contributed by atoms with Gasteiger partial charge < -0.3 is 8.98 Å². The summed E-state index contributed by atoms with van der Waals surface area (Å²) in [5.41, 5.74) is 12.5. The van der Waals surface area contributed by atoms with Crippen LogP contribution in [0.2, 0.25) is 0 Å². The first-order valence-corrected chi connectivity index (χ1v) is 15.4. The van der Waals surface area contributed by atoms with E-state index in [1.54, 1.807) is 0 Å². The van der Waals surface area contributed by atoms with Crippen molar-refractivity contribution in [2.45, 2.75) is 0 Å². The van der Waals surface area contributed by atoms with Gasteiger partial charge in [0.25, 0.3) is 0 Å². The molecule has 0 aliphatic heterocycles. The van der Waals surface area contributed by atoms with Crippen LogP contribution in [0.25, 0.3) is 83.6 Å². The summed E-state index contributed by atoms with van der Waals surface area (Å²) in [6.45, 7) is 0. The number of rotatable bonds is 5. The maximum absolute atomic E-state index is 6.16. The molecule has 216 valence electrons. The van der Waals surface area contributed by atoms with Crippen LogP contribution in [0, 0.1) is 0 Å². The standard InChI is InChI=1S/C42H27N3O/c1-2-10-28(11-3-1)29-19-21-30(22-20-29)34-15-9-25-43-41(34)31-12-8-13-33(26-31)45-38-17-6-4-14-35(38)36-24-23-32(27-39(36)45)42-44-37-16-5-7-18-40(37)46-42/h1-27H. The van der Waals surface area contributed by atoms with E-state index >= 15 is 0 Å². The van der Waals surface area contributed by atoms with Gasteiger partial charge >= 0.3 is 0 Å². The molecule has 0 spiro atoms. The summed E-state index contributed by atoms with van der Waals surface area (Å²) in [6.07, 6.45) is 1.87. The lowest BCUT2D eigenvalue weighted by Gasteiger charge is -2.13. The number of para-hydroxylation sites is 3. The summed E-state index contributed by atoms with van der Waals surface area (Å²) < 4.78 is 8.49. The Balaban J connectivity index is 1.17. The van der Waals surface area contributed by atoms with Gasteiger partial charge in [-0.15, -0.1) is 0 Å². The Morgan fingerprint density at radius 2 is 1.20 bits per heavy atom. The molecule has 0 atom stereocenters. The summed E-state index contributed by atoms with van der Waals surface area (Å²) in [7, 11) is 0. The van der Waals surface area contributed by atoms with Crippen LogP contribution in [-0.4, -0.2) is 14.5 Å². The van der Waals surface area contributed by atoms with Gasteiger partial charge in [0.2, 0.25) is 5.89 Å². The third kappa shape index (κ3) is 4.39. The molecule has 0 N–H and O–H groups in total. The fourth-order valence-electron chi connectivity index (χ4n) is 6.51. The van der Waals surface area contributed by atoms with Gasteiger partial charge in [-0.25, -0.2) is 4.98 Å². The zero-order chi connectivity index (χ0) is 30.5. The van der Waals surface area contributed by atoms with E-state index in [9.17, 15) is 0 Å². The highest BCUT2D eigenvalue weighted by Gasteiger charge is 2.17. The molecule has 0 radical (unpaired) electrons.